The highest BCUT2D eigenvalue weighted by molar-refractivity contribution is 5.54. The molecule has 2 atom stereocenters. The van der Waals surface area contributed by atoms with Gasteiger partial charge in [0.15, 0.2) is 0 Å². The molecular weight excluding hydrogens is 269 g/mol. The Hall–Kier alpha value is -1.74. The van der Waals surface area contributed by atoms with E-state index in [0.717, 1.165) is 12.5 Å². The van der Waals surface area contributed by atoms with Crippen LogP contribution in [0.4, 0.5) is 18.9 Å². The summed E-state index contributed by atoms with van der Waals surface area (Å²) in [5.41, 5.74) is -0.742. The lowest BCUT2D eigenvalue weighted by molar-refractivity contribution is -0.137. The van der Waals surface area contributed by atoms with Gasteiger partial charge in [-0.1, -0.05) is 0 Å². The molecule has 1 fully saturated rings. The van der Waals surface area contributed by atoms with Crippen molar-refractivity contribution in [2.45, 2.75) is 25.6 Å². The summed E-state index contributed by atoms with van der Waals surface area (Å²) >= 11 is 0. The average molecular weight is 284 g/mol. The van der Waals surface area contributed by atoms with E-state index in [-0.39, 0.29) is 11.6 Å². The lowest BCUT2D eigenvalue weighted by atomic mass is 10.00. The number of alkyl halides is 3. The van der Waals surface area contributed by atoms with Gasteiger partial charge in [0.25, 0.3) is 0 Å². The Morgan fingerprint density at radius 2 is 2.20 bits per heavy atom. The van der Waals surface area contributed by atoms with Crippen LogP contribution in [0.25, 0.3) is 0 Å². The van der Waals surface area contributed by atoms with Crippen molar-refractivity contribution in [2.75, 3.05) is 18.5 Å². The highest BCUT2D eigenvalue weighted by Gasteiger charge is 2.33. The van der Waals surface area contributed by atoms with Crippen LogP contribution in [0.2, 0.25) is 0 Å². The maximum atomic E-state index is 12.7. The molecule has 0 saturated carbocycles. The molecule has 1 aliphatic heterocycles. The molecule has 0 spiro atoms. The van der Waals surface area contributed by atoms with Gasteiger partial charge < -0.3 is 10.1 Å². The molecule has 6 heteroatoms. The number of hydrogen-bond acceptors (Lipinski definition) is 3. The minimum atomic E-state index is -4.51. The number of nitriles is 1. The molecule has 2 unspecified atom stereocenters. The van der Waals surface area contributed by atoms with Crippen molar-refractivity contribution in [3.05, 3.63) is 29.3 Å². The van der Waals surface area contributed by atoms with Gasteiger partial charge in [0, 0.05) is 24.3 Å². The molecule has 0 aliphatic carbocycles. The van der Waals surface area contributed by atoms with Gasteiger partial charge in [-0.2, -0.15) is 18.4 Å². The second kappa shape index (κ2) is 5.71. The Kier molecular flexibility index (Phi) is 4.19. The zero-order valence-corrected chi connectivity index (χ0v) is 11.0. The summed E-state index contributed by atoms with van der Waals surface area (Å²) < 4.78 is 43.3. The van der Waals surface area contributed by atoms with Crippen molar-refractivity contribution in [1.82, 2.24) is 0 Å². The molecule has 1 N–H and O–H groups in total. The van der Waals surface area contributed by atoms with Gasteiger partial charge in [0.2, 0.25) is 0 Å². The molecule has 2 rings (SSSR count). The van der Waals surface area contributed by atoms with Crippen molar-refractivity contribution in [3.63, 3.8) is 0 Å². The third-order valence-electron chi connectivity index (χ3n) is 3.51. The first-order valence-corrected chi connectivity index (χ1v) is 6.37. The van der Waals surface area contributed by atoms with Gasteiger partial charge in [-0.15, -0.1) is 0 Å². The highest BCUT2D eigenvalue weighted by Crippen LogP contribution is 2.33. The first-order chi connectivity index (χ1) is 9.41. The van der Waals surface area contributed by atoms with E-state index in [0.29, 0.717) is 24.8 Å². The zero-order chi connectivity index (χ0) is 14.8. The number of hydrogen-bond donors (Lipinski definition) is 1. The quantitative estimate of drug-likeness (QED) is 0.925. The van der Waals surface area contributed by atoms with E-state index >= 15 is 0 Å². The summed E-state index contributed by atoms with van der Waals surface area (Å²) in [6, 6.07) is 5.23. The van der Waals surface area contributed by atoms with E-state index in [4.69, 9.17) is 10.00 Å². The Balaban J connectivity index is 2.16. The molecule has 0 amide bonds. The van der Waals surface area contributed by atoms with Crippen LogP contribution < -0.4 is 5.32 Å². The maximum Gasteiger partial charge on any atom is 0.417 e. The smallest absolute Gasteiger partial charge is 0.382 e. The maximum absolute atomic E-state index is 12.7. The predicted molar refractivity (Wildman–Crippen MR) is 68.2 cm³/mol. The first kappa shape index (κ1) is 14.7. The second-order valence-electron chi connectivity index (χ2n) is 4.93. The van der Waals surface area contributed by atoms with Crippen molar-refractivity contribution >= 4 is 5.69 Å². The van der Waals surface area contributed by atoms with Crippen LogP contribution >= 0.6 is 0 Å². The number of nitrogens with one attached hydrogen (secondary N) is 1. The topological polar surface area (TPSA) is 45.0 Å². The van der Waals surface area contributed by atoms with Crippen LogP contribution in [0.3, 0.4) is 0 Å². The van der Waals surface area contributed by atoms with Crippen LogP contribution in [0.5, 0.6) is 0 Å². The van der Waals surface area contributed by atoms with Gasteiger partial charge in [0.05, 0.1) is 23.8 Å². The van der Waals surface area contributed by atoms with Crippen molar-refractivity contribution in [3.8, 4) is 6.07 Å². The fourth-order valence-electron chi connectivity index (χ4n) is 2.30. The Labute approximate surface area is 115 Å². The molecule has 20 heavy (non-hydrogen) atoms. The predicted octanol–water partition coefficient (Wildman–Crippen LogP) is 3.41. The molecule has 108 valence electrons. The number of rotatable bonds is 3. The van der Waals surface area contributed by atoms with Gasteiger partial charge in [-0.25, -0.2) is 0 Å². The van der Waals surface area contributed by atoms with Gasteiger partial charge >= 0.3 is 6.18 Å². The molecule has 0 aromatic heterocycles. The Bertz CT molecular complexity index is 516. The summed E-state index contributed by atoms with van der Waals surface area (Å²) in [5, 5.41) is 12.0. The summed E-state index contributed by atoms with van der Waals surface area (Å²) in [5.74, 6) is 0.336. The van der Waals surface area contributed by atoms with E-state index < -0.39 is 11.7 Å². The summed E-state index contributed by atoms with van der Waals surface area (Å²) in [6.07, 6.45) is -3.57. The minimum absolute atomic E-state index is 0.0841. The van der Waals surface area contributed by atoms with Crippen molar-refractivity contribution < 1.29 is 17.9 Å². The molecule has 1 aromatic rings. The number of nitrogens with zero attached hydrogens (tertiary/aromatic N) is 1. The number of ether oxygens (including phenoxy) is 1. The number of anilines is 1. The lowest BCUT2D eigenvalue weighted by Gasteiger charge is -2.21. The molecular formula is C14H15F3N2O. The zero-order valence-electron chi connectivity index (χ0n) is 11.0. The molecule has 0 bridgehead atoms. The van der Waals surface area contributed by atoms with Crippen LogP contribution in [0, 0.1) is 17.2 Å². The third-order valence-corrected chi connectivity index (χ3v) is 3.51. The highest BCUT2D eigenvalue weighted by atomic mass is 19.4. The Morgan fingerprint density at radius 3 is 2.75 bits per heavy atom. The van der Waals surface area contributed by atoms with Crippen LogP contribution in [-0.4, -0.2) is 19.3 Å². The second-order valence-corrected chi connectivity index (χ2v) is 4.93. The fourth-order valence-corrected chi connectivity index (χ4v) is 2.30. The SMILES string of the molecule is CC(Nc1ccc(C(F)(F)F)c(C#N)c1)C1CCOC1. The monoisotopic (exact) mass is 284 g/mol. The van der Waals surface area contributed by atoms with Gasteiger partial charge in [-0.3, -0.25) is 0 Å². The van der Waals surface area contributed by atoms with Crippen molar-refractivity contribution in [2.24, 2.45) is 5.92 Å². The summed E-state index contributed by atoms with van der Waals surface area (Å²) in [6.45, 7) is 3.33. The van der Waals surface area contributed by atoms with Crippen molar-refractivity contribution in [1.29, 1.82) is 5.26 Å². The largest absolute Gasteiger partial charge is 0.417 e. The molecule has 1 heterocycles. The van der Waals surface area contributed by atoms with E-state index in [1.54, 1.807) is 6.07 Å². The van der Waals surface area contributed by atoms with E-state index in [1.165, 1.54) is 12.1 Å². The standard InChI is InChI=1S/C14H15F3N2O/c1-9(10-4-5-20-8-10)19-12-2-3-13(14(15,16)17)11(6-12)7-18/h2-3,6,9-10,19H,4-5,8H2,1H3. The average Bonchev–Trinajstić information content (AvgIpc) is 2.91. The minimum Gasteiger partial charge on any atom is -0.382 e. The molecule has 3 nitrogen and oxygen atoms in total. The molecule has 1 aliphatic rings. The van der Waals surface area contributed by atoms with Crippen LogP contribution in [0.1, 0.15) is 24.5 Å². The van der Waals surface area contributed by atoms with Gasteiger partial charge in [-0.05, 0) is 31.5 Å². The first-order valence-electron chi connectivity index (χ1n) is 6.37. The molecule has 1 saturated heterocycles. The Morgan fingerprint density at radius 1 is 1.45 bits per heavy atom. The third kappa shape index (κ3) is 3.23. The number of halogens is 3. The van der Waals surface area contributed by atoms with E-state index in [1.807, 2.05) is 6.92 Å². The lowest BCUT2D eigenvalue weighted by Crippen LogP contribution is -2.26. The molecule has 1 aromatic carbocycles. The van der Waals surface area contributed by atoms with Crippen LogP contribution in [-0.2, 0) is 10.9 Å². The summed E-state index contributed by atoms with van der Waals surface area (Å²) in [4.78, 5) is 0. The normalized spacial score (nSPS) is 20.4. The number of benzene rings is 1. The molecule has 0 radical (unpaired) electrons. The van der Waals surface area contributed by atoms with Gasteiger partial charge in [0.1, 0.15) is 0 Å². The van der Waals surface area contributed by atoms with E-state index in [2.05, 4.69) is 5.32 Å². The fraction of sp³-hybridized carbons (Fsp3) is 0.500. The van der Waals surface area contributed by atoms with E-state index in [9.17, 15) is 13.2 Å². The van der Waals surface area contributed by atoms with Crippen LogP contribution in [0.15, 0.2) is 18.2 Å². The summed E-state index contributed by atoms with van der Waals surface area (Å²) in [7, 11) is 0.